The summed E-state index contributed by atoms with van der Waals surface area (Å²) in [5.74, 6) is 0.982. The molecular formula is C11H13ClN2OS. The van der Waals surface area contributed by atoms with Crippen molar-refractivity contribution in [2.75, 3.05) is 18.8 Å². The molecule has 0 saturated carbocycles. The van der Waals surface area contributed by atoms with Gasteiger partial charge in [0.05, 0.1) is 10.6 Å². The lowest BCUT2D eigenvalue weighted by atomic mass is 10.2. The number of aromatic nitrogens is 1. The lowest BCUT2D eigenvalue weighted by Crippen LogP contribution is -2.41. The Labute approximate surface area is 104 Å². The molecule has 1 fully saturated rings. The first kappa shape index (κ1) is 11.7. The second-order valence-corrected chi connectivity index (χ2v) is 5.74. The summed E-state index contributed by atoms with van der Waals surface area (Å²) >= 11 is 7.88. The van der Waals surface area contributed by atoms with Crippen molar-refractivity contribution in [1.29, 1.82) is 0 Å². The van der Waals surface area contributed by atoms with Gasteiger partial charge in [-0.1, -0.05) is 18.5 Å². The summed E-state index contributed by atoms with van der Waals surface area (Å²) in [6.45, 7) is 3.71. The average molecular weight is 257 g/mol. The molecule has 2 rings (SSSR count). The number of thioether (sulfide) groups is 1. The van der Waals surface area contributed by atoms with Crippen molar-refractivity contribution in [3.05, 3.63) is 29.0 Å². The van der Waals surface area contributed by atoms with Gasteiger partial charge in [0.25, 0.3) is 5.91 Å². The van der Waals surface area contributed by atoms with Crippen LogP contribution in [0.4, 0.5) is 0 Å². The Hall–Kier alpha value is -0.740. The third-order valence-electron chi connectivity index (χ3n) is 2.53. The fourth-order valence-corrected chi connectivity index (χ4v) is 2.91. The zero-order valence-electron chi connectivity index (χ0n) is 9.02. The van der Waals surface area contributed by atoms with Gasteiger partial charge in [0.2, 0.25) is 0 Å². The summed E-state index contributed by atoms with van der Waals surface area (Å²) in [6.07, 6.45) is 3.13. The van der Waals surface area contributed by atoms with Gasteiger partial charge in [0, 0.05) is 36.5 Å². The van der Waals surface area contributed by atoms with E-state index in [1.165, 1.54) is 6.20 Å². The average Bonchev–Trinajstić information content (AvgIpc) is 2.29. The van der Waals surface area contributed by atoms with E-state index in [-0.39, 0.29) is 5.91 Å². The molecule has 16 heavy (non-hydrogen) atoms. The lowest BCUT2D eigenvalue weighted by Gasteiger charge is -2.30. The maximum Gasteiger partial charge on any atom is 0.257 e. The minimum atomic E-state index is -0.00903. The van der Waals surface area contributed by atoms with Gasteiger partial charge in [-0.15, -0.1) is 0 Å². The summed E-state index contributed by atoms with van der Waals surface area (Å²) in [5.41, 5.74) is 0.503. The number of rotatable bonds is 1. The van der Waals surface area contributed by atoms with Crippen LogP contribution in [-0.2, 0) is 0 Å². The molecule has 1 amide bonds. The largest absolute Gasteiger partial charge is 0.337 e. The van der Waals surface area contributed by atoms with Crippen molar-refractivity contribution < 1.29 is 4.79 Å². The van der Waals surface area contributed by atoms with Gasteiger partial charge < -0.3 is 4.90 Å². The second-order valence-electron chi connectivity index (χ2n) is 3.79. The summed E-state index contributed by atoms with van der Waals surface area (Å²) in [5, 5.41) is 0.971. The normalized spacial score (nSPS) is 20.9. The van der Waals surface area contributed by atoms with E-state index in [2.05, 4.69) is 11.9 Å². The number of pyridine rings is 1. The number of hydrogen-bond acceptors (Lipinski definition) is 3. The van der Waals surface area contributed by atoms with E-state index in [0.29, 0.717) is 15.8 Å². The van der Waals surface area contributed by atoms with Crippen molar-refractivity contribution >= 4 is 29.3 Å². The van der Waals surface area contributed by atoms with Gasteiger partial charge >= 0.3 is 0 Å². The molecule has 3 nitrogen and oxygen atoms in total. The first-order valence-electron chi connectivity index (χ1n) is 5.19. The van der Waals surface area contributed by atoms with Gasteiger partial charge in [-0.3, -0.25) is 9.78 Å². The molecular weight excluding hydrogens is 244 g/mol. The van der Waals surface area contributed by atoms with Crippen LogP contribution in [-0.4, -0.2) is 39.9 Å². The minimum Gasteiger partial charge on any atom is -0.337 e. The Balaban J connectivity index is 2.16. The number of amides is 1. The van der Waals surface area contributed by atoms with Crippen LogP contribution in [0.5, 0.6) is 0 Å². The molecule has 0 spiro atoms. The molecule has 0 N–H and O–H groups in total. The van der Waals surface area contributed by atoms with Crippen molar-refractivity contribution in [3.63, 3.8) is 0 Å². The fraction of sp³-hybridized carbons (Fsp3) is 0.455. The van der Waals surface area contributed by atoms with Gasteiger partial charge in [-0.05, 0) is 6.07 Å². The molecule has 2 heterocycles. The summed E-state index contributed by atoms with van der Waals surface area (Å²) in [4.78, 5) is 18.0. The quantitative estimate of drug-likeness (QED) is 0.773. The second kappa shape index (κ2) is 5.06. The molecule has 0 radical (unpaired) electrons. The fourth-order valence-electron chi connectivity index (χ4n) is 1.71. The Morgan fingerprint density at radius 3 is 3.19 bits per heavy atom. The van der Waals surface area contributed by atoms with Gasteiger partial charge in [0.15, 0.2) is 0 Å². The SMILES string of the molecule is CC1CN(C(=O)c2cnccc2Cl)CCS1. The molecule has 1 aliphatic rings. The van der Waals surface area contributed by atoms with Gasteiger partial charge in [-0.2, -0.15) is 11.8 Å². The van der Waals surface area contributed by atoms with Crippen molar-refractivity contribution in [2.45, 2.75) is 12.2 Å². The van der Waals surface area contributed by atoms with Crippen LogP contribution in [0.2, 0.25) is 5.02 Å². The summed E-state index contributed by atoms with van der Waals surface area (Å²) in [6, 6.07) is 1.65. The van der Waals surface area contributed by atoms with E-state index < -0.39 is 0 Å². The van der Waals surface area contributed by atoms with Crippen LogP contribution in [0.15, 0.2) is 18.5 Å². The lowest BCUT2D eigenvalue weighted by molar-refractivity contribution is 0.0763. The third-order valence-corrected chi connectivity index (χ3v) is 3.99. The number of carbonyl (C=O) groups is 1. The zero-order chi connectivity index (χ0) is 11.5. The molecule has 1 unspecified atom stereocenters. The van der Waals surface area contributed by atoms with Crippen LogP contribution in [0.25, 0.3) is 0 Å². The topological polar surface area (TPSA) is 33.2 Å². The molecule has 86 valence electrons. The first-order valence-corrected chi connectivity index (χ1v) is 6.61. The minimum absolute atomic E-state index is 0.00903. The van der Waals surface area contributed by atoms with E-state index in [1.807, 2.05) is 16.7 Å². The maximum absolute atomic E-state index is 12.2. The molecule has 0 aromatic carbocycles. The number of hydrogen-bond donors (Lipinski definition) is 0. The van der Waals surface area contributed by atoms with E-state index in [9.17, 15) is 4.79 Å². The third kappa shape index (κ3) is 2.50. The van der Waals surface area contributed by atoms with Crippen molar-refractivity contribution in [1.82, 2.24) is 9.88 Å². The molecule has 0 bridgehead atoms. The number of nitrogens with zero attached hydrogens (tertiary/aromatic N) is 2. The maximum atomic E-state index is 12.2. The highest BCUT2D eigenvalue weighted by Crippen LogP contribution is 2.21. The Morgan fingerprint density at radius 2 is 2.50 bits per heavy atom. The summed E-state index contributed by atoms with van der Waals surface area (Å²) in [7, 11) is 0. The predicted octanol–water partition coefficient (Wildman–Crippen LogP) is 2.31. The standard InChI is InChI=1S/C11H13ClN2OS/c1-8-7-14(4-5-16-8)11(15)9-6-13-3-2-10(9)12/h2-3,6,8H,4-5,7H2,1H3. The van der Waals surface area contributed by atoms with Crippen molar-refractivity contribution in [3.8, 4) is 0 Å². The highest BCUT2D eigenvalue weighted by Gasteiger charge is 2.23. The summed E-state index contributed by atoms with van der Waals surface area (Å²) < 4.78 is 0. The molecule has 1 aliphatic heterocycles. The van der Waals surface area contributed by atoms with E-state index in [0.717, 1.165) is 18.8 Å². The molecule has 1 saturated heterocycles. The Morgan fingerprint density at radius 1 is 1.69 bits per heavy atom. The van der Waals surface area contributed by atoms with Crippen LogP contribution >= 0.6 is 23.4 Å². The zero-order valence-corrected chi connectivity index (χ0v) is 10.6. The predicted molar refractivity (Wildman–Crippen MR) is 67.1 cm³/mol. The number of carbonyl (C=O) groups excluding carboxylic acids is 1. The monoisotopic (exact) mass is 256 g/mol. The first-order chi connectivity index (χ1) is 7.68. The molecule has 1 aromatic rings. The molecule has 1 atom stereocenters. The van der Waals surface area contributed by atoms with Crippen LogP contribution in [0, 0.1) is 0 Å². The number of halogens is 1. The smallest absolute Gasteiger partial charge is 0.257 e. The van der Waals surface area contributed by atoms with Gasteiger partial charge in [-0.25, -0.2) is 0 Å². The highest BCUT2D eigenvalue weighted by molar-refractivity contribution is 7.99. The molecule has 0 aliphatic carbocycles. The molecule has 1 aromatic heterocycles. The van der Waals surface area contributed by atoms with E-state index in [4.69, 9.17) is 11.6 Å². The van der Waals surface area contributed by atoms with Crippen LogP contribution < -0.4 is 0 Å². The highest BCUT2D eigenvalue weighted by atomic mass is 35.5. The Kier molecular flexibility index (Phi) is 3.71. The van der Waals surface area contributed by atoms with Crippen LogP contribution in [0.3, 0.4) is 0 Å². The van der Waals surface area contributed by atoms with Crippen molar-refractivity contribution in [2.24, 2.45) is 0 Å². The Bertz CT molecular complexity index is 399. The van der Waals surface area contributed by atoms with E-state index >= 15 is 0 Å². The van der Waals surface area contributed by atoms with Gasteiger partial charge in [0.1, 0.15) is 0 Å². The van der Waals surface area contributed by atoms with Crippen LogP contribution in [0.1, 0.15) is 17.3 Å². The van der Waals surface area contributed by atoms with E-state index in [1.54, 1.807) is 12.3 Å². The molecule has 5 heteroatoms.